The molecule has 0 radical (unpaired) electrons. The summed E-state index contributed by atoms with van der Waals surface area (Å²) in [5.74, 6) is 0.957. The first-order valence-corrected chi connectivity index (χ1v) is 3.52. The van der Waals surface area contributed by atoms with Gasteiger partial charge in [0.25, 0.3) is 0 Å². The van der Waals surface area contributed by atoms with Crippen LogP contribution in [0.3, 0.4) is 0 Å². The third kappa shape index (κ3) is 1.54. The van der Waals surface area contributed by atoms with Gasteiger partial charge in [0.2, 0.25) is 0 Å². The van der Waals surface area contributed by atoms with Gasteiger partial charge in [0.15, 0.2) is 11.6 Å². The number of hydrogen-bond donors (Lipinski definition) is 4. The van der Waals surface area contributed by atoms with Crippen LogP contribution >= 0.6 is 0 Å². The summed E-state index contributed by atoms with van der Waals surface area (Å²) in [6, 6.07) is 0. The van der Waals surface area contributed by atoms with Gasteiger partial charge in [0.05, 0.1) is 0 Å². The molecule has 6 heteroatoms. The molecule has 66 valence electrons. The number of anilines is 3. The van der Waals surface area contributed by atoms with Crippen LogP contribution < -0.4 is 22.9 Å². The van der Waals surface area contributed by atoms with Crippen molar-refractivity contribution in [2.45, 2.75) is 6.42 Å². The van der Waals surface area contributed by atoms with Gasteiger partial charge in [-0.3, -0.25) is 0 Å². The maximum Gasteiger partial charge on any atom is 0.152 e. The number of hydrogen-bond acceptors (Lipinski definition) is 6. The lowest BCUT2D eigenvalue weighted by atomic mass is 10.3. The van der Waals surface area contributed by atoms with E-state index >= 15 is 0 Å². The van der Waals surface area contributed by atoms with E-state index in [-0.39, 0.29) is 17.3 Å². The summed E-state index contributed by atoms with van der Waals surface area (Å²) in [6.45, 7) is 0.461. The summed E-state index contributed by atoms with van der Waals surface area (Å²) < 4.78 is 0. The average molecular weight is 168 g/mol. The van der Waals surface area contributed by atoms with Gasteiger partial charge in [0.1, 0.15) is 11.5 Å². The fraction of sp³-hybridized carbons (Fsp3) is 0.333. The van der Waals surface area contributed by atoms with Gasteiger partial charge in [-0.1, -0.05) is 0 Å². The van der Waals surface area contributed by atoms with Crippen LogP contribution in [0.4, 0.5) is 17.3 Å². The third-order valence-corrected chi connectivity index (χ3v) is 1.42. The van der Waals surface area contributed by atoms with E-state index in [1.807, 2.05) is 0 Å². The van der Waals surface area contributed by atoms with Crippen molar-refractivity contribution in [3.05, 3.63) is 5.82 Å². The highest BCUT2D eigenvalue weighted by atomic mass is 15.0. The van der Waals surface area contributed by atoms with Crippen LogP contribution in [-0.4, -0.2) is 16.5 Å². The molecule has 0 aliphatic carbocycles. The van der Waals surface area contributed by atoms with Gasteiger partial charge in [0, 0.05) is 6.42 Å². The molecule has 12 heavy (non-hydrogen) atoms. The Kier molecular flexibility index (Phi) is 2.29. The summed E-state index contributed by atoms with van der Waals surface area (Å²) in [5.41, 5.74) is 21.9. The molecule has 1 aromatic rings. The Balaban J connectivity index is 3.04. The monoisotopic (exact) mass is 168 g/mol. The normalized spacial score (nSPS) is 10.1. The average Bonchev–Trinajstić information content (AvgIpc) is 2.01. The Bertz CT molecular complexity index is 260. The Morgan fingerprint density at radius 1 is 1.00 bits per heavy atom. The van der Waals surface area contributed by atoms with Crippen molar-refractivity contribution < 1.29 is 0 Å². The van der Waals surface area contributed by atoms with E-state index in [9.17, 15) is 0 Å². The van der Waals surface area contributed by atoms with Crippen molar-refractivity contribution in [2.24, 2.45) is 5.73 Å². The minimum absolute atomic E-state index is 0.214. The number of nitrogens with two attached hydrogens (primary N) is 4. The lowest BCUT2D eigenvalue weighted by molar-refractivity contribution is 0.875. The minimum Gasteiger partial charge on any atom is -0.393 e. The standard InChI is InChI=1S/C6H12N6/c7-2-1-3-11-5(9)4(8)6(10)12-3/h1-2,7-8H2,(H4,9,10,11,12). The molecule has 0 saturated heterocycles. The van der Waals surface area contributed by atoms with Gasteiger partial charge in [-0.05, 0) is 6.54 Å². The second kappa shape index (κ2) is 3.22. The zero-order valence-corrected chi connectivity index (χ0v) is 6.62. The molecule has 0 aliphatic rings. The fourth-order valence-corrected chi connectivity index (χ4v) is 0.796. The molecule has 1 rings (SSSR count). The Hall–Kier alpha value is -1.56. The predicted octanol–water partition coefficient (Wildman–Crippen LogP) is -1.28. The summed E-state index contributed by atoms with van der Waals surface area (Å²) >= 11 is 0. The van der Waals surface area contributed by atoms with Gasteiger partial charge in [-0.15, -0.1) is 0 Å². The SMILES string of the molecule is NCCc1nc(N)c(N)c(N)n1. The molecule has 1 aromatic heterocycles. The molecule has 1 heterocycles. The molecule has 0 aliphatic heterocycles. The molecule has 6 nitrogen and oxygen atoms in total. The Morgan fingerprint density at radius 2 is 1.50 bits per heavy atom. The zero-order chi connectivity index (χ0) is 9.14. The van der Waals surface area contributed by atoms with E-state index in [4.69, 9.17) is 22.9 Å². The van der Waals surface area contributed by atoms with Crippen molar-refractivity contribution in [1.29, 1.82) is 0 Å². The van der Waals surface area contributed by atoms with Gasteiger partial charge >= 0.3 is 0 Å². The molecule has 8 N–H and O–H groups in total. The second-order valence-electron chi connectivity index (χ2n) is 2.36. The topological polar surface area (TPSA) is 130 Å². The van der Waals surface area contributed by atoms with Crippen molar-refractivity contribution in [1.82, 2.24) is 9.97 Å². The molecule has 0 fully saturated rings. The first-order chi connectivity index (χ1) is 5.65. The maximum atomic E-state index is 5.45. The van der Waals surface area contributed by atoms with E-state index in [1.165, 1.54) is 0 Å². The van der Waals surface area contributed by atoms with Crippen molar-refractivity contribution >= 4 is 17.3 Å². The number of aromatic nitrogens is 2. The fourth-order valence-electron chi connectivity index (χ4n) is 0.796. The van der Waals surface area contributed by atoms with Gasteiger partial charge in [-0.25, -0.2) is 9.97 Å². The zero-order valence-electron chi connectivity index (χ0n) is 6.62. The van der Waals surface area contributed by atoms with Crippen LogP contribution in [0.1, 0.15) is 5.82 Å². The molecule has 0 aromatic carbocycles. The number of nitrogen functional groups attached to an aromatic ring is 3. The maximum absolute atomic E-state index is 5.45. The Labute approximate surface area is 70.0 Å². The van der Waals surface area contributed by atoms with Crippen LogP contribution in [-0.2, 0) is 6.42 Å². The molecular weight excluding hydrogens is 156 g/mol. The van der Waals surface area contributed by atoms with Crippen molar-refractivity contribution in [2.75, 3.05) is 23.7 Å². The highest BCUT2D eigenvalue weighted by Crippen LogP contribution is 2.17. The van der Waals surface area contributed by atoms with E-state index in [0.717, 1.165) is 0 Å². The largest absolute Gasteiger partial charge is 0.393 e. The summed E-state index contributed by atoms with van der Waals surface area (Å²) in [5, 5.41) is 0. The van der Waals surface area contributed by atoms with Crippen LogP contribution in [0.5, 0.6) is 0 Å². The minimum atomic E-state index is 0.214. The van der Waals surface area contributed by atoms with Gasteiger partial charge < -0.3 is 22.9 Å². The van der Waals surface area contributed by atoms with E-state index in [2.05, 4.69) is 9.97 Å². The molecule has 0 saturated carbocycles. The molecule has 0 atom stereocenters. The van der Waals surface area contributed by atoms with Crippen LogP contribution in [0, 0.1) is 0 Å². The second-order valence-corrected chi connectivity index (χ2v) is 2.36. The highest BCUT2D eigenvalue weighted by Gasteiger charge is 2.04. The quantitative estimate of drug-likeness (QED) is 0.435. The molecular formula is C6H12N6. The Morgan fingerprint density at radius 3 is 1.92 bits per heavy atom. The van der Waals surface area contributed by atoms with E-state index in [0.29, 0.717) is 18.8 Å². The molecule has 0 bridgehead atoms. The number of rotatable bonds is 2. The first kappa shape index (κ1) is 8.54. The summed E-state index contributed by atoms with van der Waals surface area (Å²) in [6.07, 6.45) is 0.550. The lowest BCUT2D eigenvalue weighted by Gasteiger charge is -2.04. The smallest absolute Gasteiger partial charge is 0.152 e. The summed E-state index contributed by atoms with van der Waals surface area (Å²) in [4.78, 5) is 7.81. The van der Waals surface area contributed by atoms with Gasteiger partial charge in [-0.2, -0.15) is 0 Å². The van der Waals surface area contributed by atoms with Crippen molar-refractivity contribution in [3.63, 3.8) is 0 Å². The van der Waals surface area contributed by atoms with Crippen LogP contribution in [0.15, 0.2) is 0 Å². The summed E-state index contributed by atoms with van der Waals surface area (Å²) in [7, 11) is 0. The molecule has 0 spiro atoms. The van der Waals surface area contributed by atoms with Crippen LogP contribution in [0.2, 0.25) is 0 Å². The lowest BCUT2D eigenvalue weighted by Crippen LogP contribution is -2.11. The van der Waals surface area contributed by atoms with Crippen molar-refractivity contribution in [3.8, 4) is 0 Å². The van der Waals surface area contributed by atoms with E-state index in [1.54, 1.807) is 0 Å². The third-order valence-electron chi connectivity index (χ3n) is 1.42. The van der Waals surface area contributed by atoms with Crippen LogP contribution in [0.25, 0.3) is 0 Å². The highest BCUT2D eigenvalue weighted by molar-refractivity contribution is 5.70. The predicted molar refractivity (Wildman–Crippen MR) is 48.0 cm³/mol. The van der Waals surface area contributed by atoms with E-state index < -0.39 is 0 Å². The molecule has 0 amide bonds. The first-order valence-electron chi connectivity index (χ1n) is 3.52. The molecule has 0 unspecified atom stereocenters. The number of nitrogens with zero attached hydrogens (tertiary/aromatic N) is 2.